The molecule has 1 N–H and O–H groups in total. The summed E-state index contributed by atoms with van der Waals surface area (Å²) in [5.41, 5.74) is 2.13. The lowest BCUT2D eigenvalue weighted by atomic mass is 10.2. The van der Waals surface area contributed by atoms with Gasteiger partial charge >= 0.3 is 6.09 Å². The topological polar surface area (TPSA) is 78.3 Å². The van der Waals surface area contributed by atoms with Gasteiger partial charge in [0.25, 0.3) is 0 Å². The molecular weight excluding hydrogens is 308 g/mol. The van der Waals surface area contributed by atoms with Gasteiger partial charge in [-0.3, -0.25) is 4.98 Å². The molecule has 1 aliphatic heterocycles. The summed E-state index contributed by atoms with van der Waals surface area (Å²) >= 11 is 0. The van der Waals surface area contributed by atoms with Crippen LogP contribution >= 0.6 is 0 Å². The van der Waals surface area contributed by atoms with Gasteiger partial charge in [-0.15, -0.1) is 0 Å². The maximum absolute atomic E-state index is 11.8. The van der Waals surface area contributed by atoms with Crippen LogP contribution in [0.1, 0.15) is 51.8 Å². The largest absolute Gasteiger partial charge is 0.444 e. The fourth-order valence-electron chi connectivity index (χ4n) is 2.70. The highest BCUT2D eigenvalue weighted by Crippen LogP contribution is 2.25. The number of rotatable bonds is 3. The summed E-state index contributed by atoms with van der Waals surface area (Å²) in [6.07, 6.45) is 6.21. The van der Waals surface area contributed by atoms with Gasteiger partial charge in [0.15, 0.2) is 6.23 Å². The third kappa shape index (κ3) is 4.03. The van der Waals surface area contributed by atoms with Gasteiger partial charge in [0.1, 0.15) is 11.1 Å². The van der Waals surface area contributed by atoms with E-state index in [2.05, 4.69) is 15.4 Å². The van der Waals surface area contributed by atoms with Crippen molar-refractivity contribution in [3.8, 4) is 0 Å². The molecule has 0 aliphatic carbocycles. The molecule has 3 heterocycles. The Morgan fingerprint density at radius 2 is 2.25 bits per heavy atom. The van der Waals surface area contributed by atoms with E-state index in [1.807, 2.05) is 31.5 Å². The molecular formula is C17H24N4O3. The van der Waals surface area contributed by atoms with Crippen LogP contribution in [0.3, 0.4) is 0 Å². The molecule has 1 saturated heterocycles. The van der Waals surface area contributed by atoms with Gasteiger partial charge in [-0.2, -0.15) is 5.10 Å². The summed E-state index contributed by atoms with van der Waals surface area (Å²) in [7, 11) is 0. The van der Waals surface area contributed by atoms with Crippen LogP contribution in [0.25, 0.3) is 11.0 Å². The van der Waals surface area contributed by atoms with Crippen molar-refractivity contribution in [2.75, 3.05) is 6.61 Å². The monoisotopic (exact) mass is 332 g/mol. The van der Waals surface area contributed by atoms with E-state index in [-0.39, 0.29) is 6.23 Å². The van der Waals surface area contributed by atoms with Gasteiger partial charge in [-0.1, -0.05) is 0 Å². The van der Waals surface area contributed by atoms with Crippen LogP contribution in [0.5, 0.6) is 0 Å². The minimum atomic E-state index is -0.511. The number of aromatic nitrogens is 3. The van der Waals surface area contributed by atoms with Crippen LogP contribution in [0.15, 0.2) is 18.5 Å². The van der Waals surface area contributed by atoms with E-state index in [0.717, 1.165) is 42.5 Å². The number of fused-ring (bicyclic) bond motifs is 1. The Bertz CT molecular complexity index is 714. The van der Waals surface area contributed by atoms with Gasteiger partial charge in [0.2, 0.25) is 0 Å². The Morgan fingerprint density at radius 1 is 1.42 bits per heavy atom. The number of alkyl carbamates (subject to hydrolysis) is 1. The number of carbonyl (C=O) groups excluding carboxylic acids is 1. The van der Waals surface area contributed by atoms with Crippen LogP contribution in [0.2, 0.25) is 0 Å². The molecule has 1 amide bonds. The Hall–Kier alpha value is -2.15. The Morgan fingerprint density at radius 3 is 2.96 bits per heavy atom. The maximum Gasteiger partial charge on any atom is 0.407 e. The van der Waals surface area contributed by atoms with Crippen LogP contribution in [-0.2, 0) is 16.0 Å². The fraction of sp³-hybridized carbons (Fsp3) is 0.588. The zero-order chi connectivity index (χ0) is 17.2. The minimum Gasteiger partial charge on any atom is -0.444 e. The standard InChI is InChI=1S/C17H24N4O3/c1-17(2,3)24-16(22)19-10-12-8-14-13(18-9-12)11-20-21(14)15-6-4-5-7-23-15/h8-9,11,15H,4-7,10H2,1-3H3,(H,19,22). The van der Waals surface area contributed by atoms with Crippen molar-refractivity contribution >= 4 is 17.1 Å². The SMILES string of the molecule is CC(C)(C)OC(=O)NCc1cnc2cnn(C3CCCCO3)c2c1. The van der Waals surface area contributed by atoms with Crippen molar-refractivity contribution in [2.24, 2.45) is 0 Å². The maximum atomic E-state index is 11.8. The number of pyridine rings is 1. The summed E-state index contributed by atoms with van der Waals surface area (Å²) in [5.74, 6) is 0. The van der Waals surface area contributed by atoms with Crippen LogP contribution < -0.4 is 5.32 Å². The molecule has 0 radical (unpaired) electrons. The summed E-state index contributed by atoms with van der Waals surface area (Å²) in [4.78, 5) is 16.2. The van der Waals surface area contributed by atoms with Gasteiger partial charge in [0, 0.05) is 19.3 Å². The summed E-state index contributed by atoms with van der Waals surface area (Å²) in [5, 5.41) is 7.17. The van der Waals surface area contributed by atoms with Crippen molar-refractivity contribution in [3.05, 3.63) is 24.0 Å². The number of nitrogens with zero attached hydrogens (tertiary/aromatic N) is 3. The van der Waals surface area contributed by atoms with Crippen molar-refractivity contribution in [3.63, 3.8) is 0 Å². The first kappa shape index (κ1) is 16.7. The summed E-state index contributed by atoms with van der Waals surface area (Å²) in [6, 6.07) is 1.99. The second-order valence-electron chi connectivity index (χ2n) is 7.01. The normalized spacial score (nSPS) is 18.5. The molecule has 0 saturated carbocycles. The molecule has 7 nitrogen and oxygen atoms in total. The molecule has 1 unspecified atom stereocenters. The van der Waals surface area contributed by atoms with Crippen molar-refractivity contribution < 1.29 is 14.3 Å². The fourth-order valence-corrected chi connectivity index (χ4v) is 2.70. The average molecular weight is 332 g/mol. The van der Waals surface area contributed by atoms with Crippen LogP contribution in [0.4, 0.5) is 4.79 Å². The number of carbonyl (C=O) groups is 1. The highest BCUT2D eigenvalue weighted by molar-refractivity contribution is 5.75. The Balaban J connectivity index is 1.72. The lowest BCUT2D eigenvalue weighted by Crippen LogP contribution is -2.32. The van der Waals surface area contributed by atoms with Crippen molar-refractivity contribution in [1.82, 2.24) is 20.1 Å². The number of hydrogen-bond donors (Lipinski definition) is 1. The molecule has 3 rings (SSSR count). The number of amides is 1. The van der Waals surface area contributed by atoms with Crippen LogP contribution in [0, 0.1) is 0 Å². The zero-order valence-corrected chi connectivity index (χ0v) is 14.4. The summed E-state index contributed by atoms with van der Waals surface area (Å²) < 4.78 is 12.9. The Kier molecular flexibility index (Phi) is 4.71. The third-order valence-electron chi connectivity index (χ3n) is 3.77. The lowest BCUT2D eigenvalue weighted by molar-refractivity contribution is -0.0366. The van der Waals surface area contributed by atoms with Gasteiger partial charge in [0.05, 0.1) is 11.7 Å². The van der Waals surface area contributed by atoms with E-state index in [4.69, 9.17) is 9.47 Å². The molecule has 2 aromatic rings. The Labute approximate surface area is 141 Å². The third-order valence-corrected chi connectivity index (χ3v) is 3.77. The smallest absolute Gasteiger partial charge is 0.407 e. The highest BCUT2D eigenvalue weighted by atomic mass is 16.6. The minimum absolute atomic E-state index is 0.0351. The predicted molar refractivity (Wildman–Crippen MR) is 89.4 cm³/mol. The van der Waals surface area contributed by atoms with E-state index in [9.17, 15) is 4.79 Å². The first-order chi connectivity index (χ1) is 11.4. The van der Waals surface area contributed by atoms with E-state index >= 15 is 0 Å². The highest BCUT2D eigenvalue weighted by Gasteiger charge is 2.19. The second-order valence-corrected chi connectivity index (χ2v) is 7.01. The van der Waals surface area contributed by atoms with Crippen molar-refractivity contribution in [2.45, 2.75) is 58.4 Å². The lowest BCUT2D eigenvalue weighted by Gasteiger charge is -2.23. The van der Waals surface area contributed by atoms with Gasteiger partial charge in [-0.25, -0.2) is 9.48 Å². The molecule has 0 bridgehead atoms. The second kappa shape index (κ2) is 6.76. The predicted octanol–water partition coefficient (Wildman–Crippen LogP) is 3.16. The quantitative estimate of drug-likeness (QED) is 0.934. The first-order valence-electron chi connectivity index (χ1n) is 8.33. The molecule has 1 fully saturated rings. The number of hydrogen-bond acceptors (Lipinski definition) is 5. The molecule has 7 heteroatoms. The molecule has 1 atom stereocenters. The zero-order valence-electron chi connectivity index (χ0n) is 14.4. The average Bonchev–Trinajstić information content (AvgIpc) is 2.95. The molecule has 1 aliphatic rings. The van der Waals surface area contributed by atoms with E-state index in [1.165, 1.54) is 0 Å². The molecule has 24 heavy (non-hydrogen) atoms. The van der Waals surface area contributed by atoms with Gasteiger partial charge < -0.3 is 14.8 Å². The van der Waals surface area contributed by atoms with E-state index in [0.29, 0.717) is 6.54 Å². The van der Waals surface area contributed by atoms with Crippen LogP contribution in [-0.4, -0.2) is 33.1 Å². The number of ether oxygens (including phenoxy) is 2. The molecule has 0 spiro atoms. The van der Waals surface area contributed by atoms with E-state index in [1.54, 1.807) is 12.4 Å². The first-order valence-corrected chi connectivity index (χ1v) is 8.33. The van der Waals surface area contributed by atoms with E-state index < -0.39 is 11.7 Å². The number of nitrogens with one attached hydrogen (secondary N) is 1. The van der Waals surface area contributed by atoms with Crippen molar-refractivity contribution in [1.29, 1.82) is 0 Å². The summed E-state index contributed by atoms with van der Waals surface area (Å²) in [6.45, 7) is 6.63. The molecule has 130 valence electrons. The molecule has 2 aromatic heterocycles. The molecule has 0 aromatic carbocycles. The van der Waals surface area contributed by atoms with Gasteiger partial charge in [-0.05, 0) is 51.7 Å².